The highest BCUT2D eigenvalue weighted by atomic mass is 19.1. The molecule has 250 valence electrons. The molecule has 8 aromatic carbocycles. The maximum atomic E-state index is 15.0. The zero-order valence-corrected chi connectivity index (χ0v) is 28.6. The third kappa shape index (κ3) is 4.21. The smallest absolute Gasteiger partial charge is 0.132 e. The van der Waals surface area contributed by atoms with E-state index in [9.17, 15) is 0 Å². The quantitative estimate of drug-likeness (QED) is 0.184. The molecule has 1 unspecified atom stereocenters. The van der Waals surface area contributed by atoms with Crippen molar-refractivity contribution in [2.24, 2.45) is 0 Å². The zero-order valence-electron chi connectivity index (χ0n) is 28.6. The van der Waals surface area contributed by atoms with Gasteiger partial charge in [-0.1, -0.05) is 109 Å². The van der Waals surface area contributed by atoms with Gasteiger partial charge in [-0.05, 0) is 101 Å². The van der Waals surface area contributed by atoms with Crippen LogP contribution in [0, 0.1) is 5.82 Å². The fourth-order valence-corrected chi connectivity index (χ4v) is 8.98. The molecule has 0 bridgehead atoms. The summed E-state index contributed by atoms with van der Waals surface area (Å²) < 4.78 is 24.1. The number of fused-ring (bicyclic) bond motifs is 12. The van der Waals surface area contributed by atoms with Crippen molar-refractivity contribution in [3.63, 3.8) is 0 Å². The van der Waals surface area contributed by atoms with E-state index in [1.54, 1.807) is 12.1 Å². The molecule has 0 amide bonds. The van der Waals surface area contributed by atoms with E-state index < -0.39 is 5.41 Å². The molecule has 2 aliphatic rings. The summed E-state index contributed by atoms with van der Waals surface area (Å²) in [6.45, 7) is 0. The van der Waals surface area contributed by atoms with Crippen LogP contribution < -0.4 is 9.64 Å². The van der Waals surface area contributed by atoms with Crippen LogP contribution in [0.4, 0.5) is 21.5 Å². The highest BCUT2D eigenvalue weighted by Crippen LogP contribution is 2.62. The van der Waals surface area contributed by atoms with Gasteiger partial charge in [-0.3, -0.25) is 0 Å². The van der Waals surface area contributed by atoms with Gasteiger partial charge < -0.3 is 14.2 Å². The Bertz CT molecular complexity index is 2900. The molecule has 11 rings (SSSR count). The number of hydrogen-bond acceptors (Lipinski definition) is 2. The Kier molecular flexibility index (Phi) is 6.35. The summed E-state index contributed by atoms with van der Waals surface area (Å²) in [5.41, 5.74) is 11.9. The molecule has 3 nitrogen and oxygen atoms in total. The Balaban J connectivity index is 1.19. The van der Waals surface area contributed by atoms with Gasteiger partial charge in [0.2, 0.25) is 0 Å². The van der Waals surface area contributed by atoms with Crippen molar-refractivity contribution in [1.82, 2.24) is 4.57 Å². The molecule has 4 heteroatoms. The first-order valence-corrected chi connectivity index (χ1v) is 18.0. The van der Waals surface area contributed by atoms with E-state index in [-0.39, 0.29) is 5.82 Å². The van der Waals surface area contributed by atoms with Crippen molar-refractivity contribution < 1.29 is 9.13 Å². The molecule has 9 aromatic rings. The average molecular weight is 683 g/mol. The topological polar surface area (TPSA) is 17.4 Å². The molecule has 1 aliphatic carbocycles. The number of benzene rings is 8. The minimum Gasteiger partial charge on any atom is -0.457 e. The van der Waals surface area contributed by atoms with E-state index in [1.807, 2.05) is 24.3 Å². The van der Waals surface area contributed by atoms with Crippen molar-refractivity contribution in [3.05, 3.63) is 216 Å². The first kappa shape index (κ1) is 29.8. The van der Waals surface area contributed by atoms with E-state index >= 15 is 4.39 Å². The maximum Gasteiger partial charge on any atom is 0.132 e. The van der Waals surface area contributed by atoms with Crippen LogP contribution in [-0.2, 0) is 5.41 Å². The van der Waals surface area contributed by atoms with Crippen LogP contribution >= 0.6 is 0 Å². The summed E-state index contributed by atoms with van der Waals surface area (Å²) in [5, 5.41) is 2.41. The Morgan fingerprint density at radius 2 is 1.08 bits per heavy atom. The van der Waals surface area contributed by atoms with Crippen LogP contribution in [0.15, 0.2) is 188 Å². The molecular formula is C49H31FN2O. The minimum atomic E-state index is -0.716. The molecule has 1 atom stereocenters. The molecule has 1 aliphatic heterocycles. The molecule has 0 radical (unpaired) electrons. The van der Waals surface area contributed by atoms with Gasteiger partial charge in [-0.25, -0.2) is 4.39 Å². The summed E-state index contributed by atoms with van der Waals surface area (Å²) in [6.07, 6.45) is 0. The lowest BCUT2D eigenvalue weighted by molar-refractivity contribution is 0.436. The van der Waals surface area contributed by atoms with Gasteiger partial charge >= 0.3 is 0 Å². The highest BCUT2D eigenvalue weighted by molar-refractivity contribution is 6.10. The molecule has 0 saturated carbocycles. The Morgan fingerprint density at radius 1 is 0.434 bits per heavy atom. The van der Waals surface area contributed by atoms with Gasteiger partial charge in [-0.15, -0.1) is 0 Å². The first-order chi connectivity index (χ1) is 26.2. The summed E-state index contributed by atoms with van der Waals surface area (Å²) in [6, 6.07) is 65.0. The Morgan fingerprint density at radius 3 is 1.94 bits per heavy atom. The second-order valence-electron chi connectivity index (χ2n) is 13.8. The lowest BCUT2D eigenvalue weighted by Gasteiger charge is -2.40. The second-order valence-corrected chi connectivity index (χ2v) is 13.8. The van der Waals surface area contributed by atoms with Crippen LogP contribution in [0.3, 0.4) is 0 Å². The lowest BCUT2D eigenvalue weighted by Crippen LogP contribution is -2.32. The molecule has 53 heavy (non-hydrogen) atoms. The zero-order chi connectivity index (χ0) is 35.1. The van der Waals surface area contributed by atoms with Crippen LogP contribution in [0.25, 0.3) is 38.6 Å². The molecule has 2 heterocycles. The van der Waals surface area contributed by atoms with Crippen LogP contribution in [0.5, 0.6) is 11.5 Å². The number of nitrogens with zero attached hydrogens (tertiary/aromatic N) is 2. The Hall–Kier alpha value is -6.91. The molecule has 1 spiro atoms. The fourth-order valence-electron chi connectivity index (χ4n) is 8.98. The molecule has 0 saturated heterocycles. The van der Waals surface area contributed by atoms with Gasteiger partial charge in [0.1, 0.15) is 17.3 Å². The normalized spacial score (nSPS) is 15.1. The predicted octanol–water partition coefficient (Wildman–Crippen LogP) is 12.9. The second kappa shape index (κ2) is 11.3. The number of hydrogen-bond donors (Lipinski definition) is 0. The van der Waals surface area contributed by atoms with E-state index in [4.69, 9.17) is 4.74 Å². The fraction of sp³-hybridized carbons (Fsp3) is 0.0204. The monoisotopic (exact) mass is 682 g/mol. The number of aromatic nitrogens is 1. The van der Waals surface area contributed by atoms with Crippen molar-refractivity contribution in [2.75, 3.05) is 4.90 Å². The number of ether oxygens (including phenoxy) is 1. The van der Waals surface area contributed by atoms with Crippen molar-refractivity contribution in [2.45, 2.75) is 5.41 Å². The molecule has 0 N–H and O–H groups in total. The summed E-state index contributed by atoms with van der Waals surface area (Å²) in [7, 11) is 0. The Labute approximate surface area is 306 Å². The highest BCUT2D eigenvalue weighted by Gasteiger charge is 2.51. The molecular weight excluding hydrogens is 652 g/mol. The van der Waals surface area contributed by atoms with E-state index in [1.165, 1.54) is 16.3 Å². The number of rotatable bonds is 4. The maximum absolute atomic E-state index is 15.0. The van der Waals surface area contributed by atoms with Gasteiger partial charge in [-0.2, -0.15) is 0 Å². The van der Waals surface area contributed by atoms with E-state index in [0.29, 0.717) is 0 Å². The summed E-state index contributed by atoms with van der Waals surface area (Å²) in [4.78, 5) is 2.33. The summed E-state index contributed by atoms with van der Waals surface area (Å²) in [5.74, 6) is 1.34. The number of para-hydroxylation sites is 4. The largest absolute Gasteiger partial charge is 0.457 e. The van der Waals surface area contributed by atoms with E-state index in [0.717, 1.165) is 73.1 Å². The van der Waals surface area contributed by atoms with E-state index in [2.05, 4.69) is 161 Å². The van der Waals surface area contributed by atoms with Gasteiger partial charge in [0.15, 0.2) is 0 Å². The minimum absolute atomic E-state index is 0.247. The molecule has 0 fully saturated rings. The number of halogens is 1. The van der Waals surface area contributed by atoms with Gasteiger partial charge in [0.25, 0.3) is 0 Å². The predicted molar refractivity (Wildman–Crippen MR) is 213 cm³/mol. The number of anilines is 3. The van der Waals surface area contributed by atoms with Crippen molar-refractivity contribution in [3.8, 4) is 28.3 Å². The lowest BCUT2D eigenvalue weighted by atomic mass is 9.66. The molecule has 1 aromatic heterocycles. The first-order valence-electron chi connectivity index (χ1n) is 18.0. The average Bonchev–Trinajstić information content (AvgIpc) is 3.69. The SMILES string of the molecule is Fc1ccc2c(c1)-c1ccccc1C21c2ccccc2Oc2ccc(N(c3ccccc3)c3ccc4c5ccccc5n(-c5ccccc5)c4c3)cc21. The standard InChI is InChI=1S/C49H31FN2O/c50-32-23-27-42-40(29-32)37-17-7-9-19-41(37)49(42)43-20-10-12-22-47(43)53-48-28-25-35(30-44(48)49)51(33-13-3-1-4-14-33)36-24-26-39-38-18-8-11-21-45(38)52(46(39)31-36)34-15-5-2-6-16-34/h1-31H. The van der Waals surface area contributed by atoms with Crippen LogP contribution in [-0.4, -0.2) is 4.57 Å². The van der Waals surface area contributed by atoms with Gasteiger partial charge in [0.05, 0.1) is 16.4 Å². The van der Waals surface area contributed by atoms with Crippen molar-refractivity contribution in [1.29, 1.82) is 0 Å². The summed E-state index contributed by atoms with van der Waals surface area (Å²) >= 11 is 0. The third-order valence-electron chi connectivity index (χ3n) is 11.1. The van der Waals surface area contributed by atoms with Crippen LogP contribution in [0.2, 0.25) is 0 Å². The van der Waals surface area contributed by atoms with Gasteiger partial charge in [0, 0.05) is 44.6 Å². The van der Waals surface area contributed by atoms with Crippen molar-refractivity contribution >= 4 is 38.9 Å². The van der Waals surface area contributed by atoms with Crippen LogP contribution in [0.1, 0.15) is 22.3 Å². The third-order valence-corrected chi connectivity index (χ3v) is 11.1.